The van der Waals surface area contributed by atoms with Crippen molar-refractivity contribution in [3.63, 3.8) is 0 Å². The number of carbonyl (C=O) groups is 2. The van der Waals surface area contributed by atoms with Crippen LogP contribution in [0.3, 0.4) is 0 Å². The fourth-order valence-corrected chi connectivity index (χ4v) is 6.90. The molecule has 44 heavy (non-hydrogen) atoms. The number of rotatable bonds is 10. The number of halogens is 1. The number of pyridine rings is 1. The van der Waals surface area contributed by atoms with Crippen molar-refractivity contribution in [2.45, 2.75) is 36.6 Å². The molecular formula is C32H35ClN8O3. The SMILES string of the molecule is COc1ccc(-n2cnnn2)cc1C(=O)N1CCC(CCN2CCC(NC=O)(c3cccnc3)CC2)(c2cccc(Cl)c2)C1. The van der Waals surface area contributed by atoms with E-state index < -0.39 is 5.54 Å². The van der Waals surface area contributed by atoms with Crippen LogP contribution in [-0.2, 0) is 15.7 Å². The lowest BCUT2D eigenvalue weighted by molar-refractivity contribution is -0.112. The lowest BCUT2D eigenvalue weighted by Crippen LogP contribution is -2.51. The summed E-state index contributed by atoms with van der Waals surface area (Å²) in [6.45, 7) is 3.70. The van der Waals surface area contributed by atoms with Gasteiger partial charge in [0.25, 0.3) is 5.91 Å². The molecule has 0 aliphatic carbocycles. The van der Waals surface area contributed by atoms with E-state index in [2.05, 4.69) is 36.8 Å². The molecule has 2 aromatic carbocycles. The van der Waals surface area contributed by atoms with Crippen LogP contribution in [0, 0.1) is 0 Å². The van der Waals surface area contributed by atoms with Gasteiger partial charge in [0.15, 0.2) is 0 Å². The summed E-state index contributed by atoms with van der Waals surface area (Å²) in [5.41, 5.74) is 2.64. The first-order valence-electron chi connectivity index (χ1n) is 14.8. The second-order valence-corrected chi connectivity index (χ2v) is 12.0. The number of amides is 2. The fraction of sp³-hybridized carbons (Fsp3) is 0.375. The molecule has 11 nitrogen and oxygen atoms in total. The van der Waals surface area contributed by atoms with Gasteiger partial charge >= 0.3 is 0 Å². The van der Waals surface area contributed by atoms with Gasteiger partial charge in [-0.05, 0) is 90.2 Å². The topological polar surface area (TPSA) is 118 Å². The van der Waals surface area contributed by atoms with Crippen LogP contribution < -0.4 is 10.1 Å². The Morgan fingerprint density at radius 3 is 2.61 bits per heavy atom. The van der Waals surface area contributed by atoms with E-state index in [9.17, 15) is 9.59 Å². The first kappa shape index (κ1) is 29.7. The Morgan fingerprint density at radius 1 is 1.07 bits per heavy atom. The van der Waals surface area contributed by atoms with Crippen LogP contribution in [0.5, 0.6) is 5.75 Å². The quantitative estimate of drug-likeness (QED) is 0.269. The number of methoxy groups -OCH3 is 1. The molecule has 2 saturated heterocycles. The number of tetrazole rings is 1. The molecule has 1 N–H and O–H groups in total. The minimum atomic E-state index is -0.413. The number of aromatic nitrogens is 5. The molecule has 1 atom stereocenters. The van der Waals surface area contributed by atoms with Crippen molar-refractivity contribution in [1.29, 1.82) is 0 Å². The smallest absolute Gasteiger partial charge is 0.257 e. The Morgan fingerprint density at radius 2 is 1.91 bits per heavy atom. The van der Waals surface area contributed by atoms with Crippen LogP contribution in [0.1, 0.15) is 47.2 Å². The molecule has 2 aliphatic rings. The molecular weight excluding hydrogens is 580 g/mol. The van der Waals surface area contributed by atoms with E-state index in [4.69, 9.17) is 16.3 Å². The first-order chi connectivity index (χ1) is 21.4. The number of nitrogens with one attached hydrogen (secondary N) is 1. The molecule has 2 fully saturated rings. The van der Waals surface area contributed by atoms with Crippen molar-refractivity contribution in [3.05, 3.63) is 95.0 Å². The highest BCUT2D eigenvalue weighted by atomic mass is 35.5. The summed E-state index contributed by atoms with van der Waals surface area (Å²) in [6.07, 6.45) is 9.15. The average Bonchev–Trinajstić information content (AvgIpc) is 3.76. The minimum Gasteiger partial charge on any atom is -0.496 e. The molecule has 1 unspecified atom stereocenters. The fourth-order valence-electron chi connectivity index (χ4n) is 6.71. The summed E-state index contributed by atoms with van der Waals surface area (Å²) in [7, 11) is 1.56. The summed E-state index contributed by atoms with van der Waals surface area (Å²) in [5.74, 6) is 0.404. The predicted octanol–water partition coefficient (Wildman–Crippen LogP) is 3.63. The summed E-state index contributed by atoms with van der Waals surface area (Å²) in [6, 6.07) is 17.3. The van der Waals surface area contributed by atoms with Gasteiger partial charge in [-0.3, -0.25) is 14.6 Å². The number of piperidine rings is 1. The number of carbonyl (C=O) groups excluding carboxylic acids is 2. The maximum atomic E-state index is 14.0. The highest BCUT2D eigenvalue weighted by Crippen LogP contribution is 2.41. The molecule has 0 spiro atoms. The monoisotopic (exact) mass is 614 g/mol. The molecule has 2 aliphatic heterocycles. The van der Waals surface area contributed by atoms with Gasteiger partial charge in [0.05, 0.1) is 23.9 Å². The standard InChI is InChI=1S/C32H35ClN8O3/c1-44-29-8-7-27(41-22-36-37-38-41)19-28(29)30(43)40-17-10-31(21-40,24-4-2-6-26(33)18-24)9-14-39-15-11-32(12-16-39,35-23-42)25-5-3-13-34-20-25/h2-8,13,18-20,22-23H,9-12,14-17,21H2,1H3,(H,35,42). The van der Waals surface area contributed by atoms with Gasteiger partial charge in [0, 0.05) is 49.0 Å². The average molecular weight is 615 g/mol. The van der Waals surface area contributed by atoms with E-state index >= 15 is 0 Å². The van der Waals surface area contributed by atoms with Crippen LogP contribution in [0.15, 0.2) is 73.3 Å². The molecule has 6 rings (SSSR count). The van der Waals surface area contributed by atoms with E-state index in [-0.39, 0.29) is 11.3 Å². The third-order valence-electron chi connectivity index (χ3n) is 9.27. The van der Waals surface area contributed by atoms with Gasteiger partial charge in [-0.1, -0.05) is 29.8 Å². The maximum Gasteiger partial charge on any atom is 0.257 e. The van der Waals surface area contributed by atoms with Crippen LogP contribution in [0.25, 0.3) is 5.69 Å². The molecule has 0 saturated carbocycles. The molecule has 228 valence electrons. The van der Waals surface area contributed by atoms with Crippen molar-refractivity contribution < 1.29 is 14.3 Å². The number of hydrogen-bond donors (Lipinski definition) is 1. The third-order valence-corrected chi connectivity index (χ3v) is 9.51. The zero-order chi connectivity index (χ0) is 30.6. The van der Waals surface area contributed by atoms with Gasteiger partial charge in [-0.15, -0.1) is 5.10 Å². The Labute approximate surface area is 261 Å². The molecule has 12 heteroatoms. The van der Waals surface area contributed by atoms with Gasteiger partial charge in [-0.25, -0.2) is 4.68 Å². The molecule has 0 bridgehead atoms. The van der Waals surface area contributed by atoms with Gasteiger partial charge in [0.1, 0.15) is 12.1 Å². The number of likely N-dealkylation sites (tertiary alicyclic amines) is 2. The molecule has 0 radical (unpaired) electrons. The summed E-state index contributed by atoms with van der Waals surface area (Å²) in [5, 5.41) is 15.2. The number of nitrogens with zero attached hydrogens (tertiary/aromatic N) is 7. The van der Waals surface area contributed by atoms with Crippen LogP contribution in [0.4, 0.5) is 0 Å². The Kier molecular flexibility index (Phi) is 8.58. The van der Waals surface area contributed by atoms with Crippen molar-refractivity contribution >= 4 is 23.9 Å². The van der Waals surface area contributed by atoms with Crippen LogP contribution in [-0.4, -0.2) is 87.1 Å². The molecule has 4 aromatic rings. The lowest BCUT2D eigenvalue weighted by Gasteiger charge is -2.42. The Balaban J connectivity index is 1.20. The molecule has 2 amide bonds. The van der Waals surface area contributed by atoms with Crippen LogP contribution >= 0.6 is 11.6 Å². The van der Waals surface area contributed by atoms with Gasteiger partial charge < -0.3 is 19.9 Å². The van der Waals surface area contributed by atoms with Crippen LogP contribution in [0.2, 0.25) is 5.02 Å². The predicted molar refractivity (Wildman–Crippen MR) is 165 cm³/mol. The van der Waals surface area contributed by atoms with Crippen molar-refractivity contribution in [2.75, 3.05) is 39.8 Å². The zero-order valence-corrected chi connectivity index (χ0v) is 25.4. The van der Waals surface area contributed by atoms with Gasteiger partial charge in [0.2, 0.25) is 6.41 Å². The summed E-state index contributed by atoms with van der Waals surface area (Å²) >= 11 is 6.49. The second-order valence-electron chi connectivity index (χ2n) is 11.6. The van der Waals surface area contributed by atoms with Crippen molar-refractivity contribution in [1.82, 2.24) is 40.3 Å². The normalized spacial score (nSPS) is 19.9. The van der Waals surface area contributed by atoms with E-state index in [1.54, 1.807) is 25.4 Å². The second kappa shape index (κ2) is 12.7. The van der Waals surface area contributed by atoms with E-state index in [1.165, 1.54) is 11.0 Å². The third kappa shape index (κ3) is 5.89. The number of benzene rings is 2. The van der Waals surface area contributed by atoms with Crippen molar-refractivity contribution in [3.8, 4) is 11.4 Å². The van der Waals surface area contributed by atoms with Crippen molar-refractivity contribution in [2.24, 2.45) is 0 Å². The number of hydrogen-bond acceptors (Lipinski definition) is 8. The van der Waals surface area contributed by atoms with E-state index in [1.807, 2.05) is 47.5 Å². The van der Waals surface area contributed by atoms with E-state index in [0.717, 1.165) is 62.9 Å². The highest BCUT2D eigenvalue weighted by molar-refractivity contribution is 6.30. The Bertz CT molecular complexity index is 1590. The molecule has 2 aromatic heterocycles. The Hall–Kier alpha value is -4.35. The zero-order valence-electron chi connectivity index (χ0n) is 24.6. The molecule has 4 heterocycles. The largest absolute Gasteiger partial charge is 0.496 e. The van der Waals surface area contributed by atoms with E-state index in [0.29, 0.717) is 35.1 Å². The minimum absolute atomic E-state index is 0.0974. The summed E-state index contributed by atoms with van der Waals surface area (Å²) in [4.78, 5) is 34.2. The maximum absolute atomic E-state index is 14.0. The van der Waals surface area contributed by atoms with Gasteiger partial charge in [-0.2, -0.15) is 0 Å². The highest BCUT2D eigenvalue weighted by Gasteiger charge is 2.43. The first-order valence-corrected chi connectivity index (χ1v) is 15.1. The summed E-state index contributed by atoms with van der Waals surface area (Å²) < 4.78 is 7.10. The number of ether oxygens (including phenoxy) is 1. The lowest BCUT2D eigenvalue weighted by atomic mass is 9.76.